The topological polar surface area (TPSA) is 63.9 Å². The molecule has 19 heavy (non-hydrogen) atoms. The summed E-state index contributed by atoms with van der Waals surface area (Å²) in [5, 5.41) is 12.0. The van der Waals surface area contributed by atoms with E-state index in [0.717, 1.165) is 5.69 Å². The molecule has 0 aliphatic heterocycles. The first kappa shape index (κ1) is 13.5. The number of amides is 1. The molecule has 1 amide bonds. The Bertz CT molecular complexity index is 554. The number of para-hydroxylation sites is 1. The number of hydrogen-bond acceptors (Lipinski definition) is 5. The quantitative estimate of drug-likeness (QED) is 0.787. The van der Waals surface area contributed by atoms with E-state index in [1.54, 1.807) is 23.7 Å². The van der Waals surface area contributed by atoms with Gasteiger partial charge < -0.3 is 4.90 Å². The van der Waals surface area contributed by atoms with Crippen molar-refractivity contribution in [1.29, 1.82) is 0 Å². The van der Waals surface area contributed by atoms with Gasteiger partial charge in [0, 0.05) is 14.1 Å². The highest BCUT2D eigenvalue weighted by molar-refractivity contribution is 8.00. The summed E-state index contributed by atoms with van der Waals surface area (Å²) in [5.74, 6) is 0.0348. The third-order valence-corrected chi connectivity index (χ3v) is 3.53. The average molecular weight is 277 g/mol. The van der Waals surface area contributed by atoms with Crippen LogP contribution in [0.1, 0.15) is 6.92 Å². The Labute approximate surface area is 115 Å². The highest BCUT2D eigenvalue weighted by Crippen LogP contribution is 2.23. The van der Waals surface area contributed by atoms with Crippen LogP contribution in [-0.2, 0) is 4.79 Å². The molecule has 1 atom stereocenters. The summed E-state index contributed by atoms with van der Waals surface area (Å²) in [6.07, 6.45) is 0. The van der Waals surface area contributed by atoms with Crippen molar-refractivity contribution >= 4 is 17.7 Å². The second kappa shape index (κ2) is 5.83. The second-order valence-corrected chi connectivity index (χ2v) is 5.51. The van der Waals surface area contributed by atoms with Crippen molar-refractivity contribution in [3.63, 3.8) is 0 Å². The summed E-state index contributed by atoms with van der Waals surface area (Å²) in [7, 11) is 3.47. The van der Waals surface area contributed by atoms with Crippen molar-refractivity contribution in [3.8, 4) is 5.69 Å². The van der Waals surface area contributed by atoms with Gasteiger partial charge in [-0.15, -0.1) is 5.10 Å². The lowest BCUT2D eigenvalue weighted by molar-refractivity contribution is -0.127. The normalized spacial score (nSPS) is 12.2. The third-order valence-electron chi connectivity index (χ3n) is 2.51. The standard InChI is InChI=1S/C12H15N5OS/c1-9(11(18)16(2)3)19-12-13-14-15-17(12)10-7-5-4-6-8-10/h4-9H,1-3H3/t9-/m1/s1. The van der Waals surface area contributed by atoms with Gasteiger partial charge in [-0.05, 0) is 29.5 Å². The van der Waals surface area contributed by atoms with Gasteiger partial charge >= 0.3 is 0 Å². The maximum absolute atomic E-state index is 11.8. The first-order valence-corrected chi connectivity index (χ1v) is 6.69. The van der Waals surface area contributed by atoms with Crippen LogP contribution in [0.15, 0.2) is 35.5 Å². The minimum absolute atomic E-state index is 0.0348. The Morgan fingerprint density at radius 3 is 2.63 bits per heavy atom. The average Bonchev–Trinajstić information content (AvgIpc) is 2.86. The van der Waals surface area contributed by atoms with Crippen molar-refractivity contribution < 1.29 is 4.79 Å². The van der Waals surface area contributed by atoms with Gasteiger partial charge in [0.15, 0.2) is 0 Å². The zero-order valence-electron chi connectivity index (χ0n) is 11.0. The zero-order valence-corrected chi connectivity index (χ0v) is 11.8. The van der Waals surface area contributed by atoms with Crippen LogP contribution in [-0.4, -0.2) is 50.4 Å². The molecule has 6 nitrogen and oxygen atoms in total. The fraction of sp³-hybridized carbons (Fsp3) is 0.333. The predicted molar refractivity (Wildman–Crippen MR) is 73.2 cm³/mol. The van der Waals surface area contributed by atoms with Crippen LogP contribution in [0.25, 0.3) is 5.69 Å². The Kier molecular flexibility index (Phi) is 4.16. The zero-order chi connectivity index (χ0) is 13.8. The van der Waals surface area contributed by atoms with Gasteiger partial charge in [0.05, 0.1) is 10.9 Å². The van der Waals surface area contributed by atoms with Gasteiger partial charge in [-0.3, -0.25) is 4.79 Å². The molecule has 0 aliphatic carbocycles. The van der Waals surface area contributed by atoms with Gasteiger partial charge in [-0.2, -0.15) is 4.68 Å². The molecule has 1 aromatic heterocycles. The van der Waals surface area contributed by atoms with Crippen LogP contribution >= 0.6 is 11.8 Å². The molecule has 0 aliphatic rings. The summed E-state index contributed by atoms with van der Waals surface area (Å²) < 4.78 is 1.63. The van der Waals surface area contributed by atoms with Crippen molar-refractivity contribution in [3.05, 3.63) is 30.3 Å². The van der Waals surface area contributed by atoms with Crippen LogP contribution in [0.3, 0.4) is 0 Å². The molecule has 2 aromatic rings. The number of thioether (sulfide) groups is 1. The number of nitrogens with zero attached hydrogens (tertiary/aromatic N) is 5. The van der Waals surface area contributed by atoms with E-state index in [1.807, 2.05) is 37.3 Å². The maximum atomic E-state index is 11.8. The summed E-state index contributed by atoms with van der Waals surface area (Å²) in [4.78, 5) is 13.4. The number of hydrogen-bond donors (Lipinski definition) is 0. The number of tetrazole rings is 1. The summed E-state index contributed by atoms with van der Waals surface area (Å²) in [6, 6.07) is 9.59. The van der Waals surface area contributed by atoms with Crippen LogP contribution in [0.2, 0.25) is 0 Å². The fourth-order valence-corrected chi connectivity index (χ4v) is 2.51. The monoisotopic (exact) mass is 277 g/mol. The van der Waals surface area contributed by atoms with Crippen molar-refractivity contribution in [2.24, 2.45) is 0 Å². The van der Waals surface area contributed by atoms with Gasteiger partial charge in [0.2, 0.25) is 11.1 Å². The highest BCUT2D eigenvalue weighted by atomic mass is 32.2. The lowest BCUT2D eigenvalue weighted by Gasteiger charge is -2.15. The Hall–Kier alpha value is -1.89. The van der Waals surface area contributed by atoms with Gasteiger partial charge in [-0.25, -0.2) is 0 Å². The van der Waals surface area contributed by atoms with E-state index in [9.17, 15) is 4.79 Å². The smallest absolute Gasteiger partial charge is 0.235 e. The summed E-state index contributed by atoms with van der Waals surface area (Å²) in [5.41, 5.74) is 0.875. The number of aromatic nitrogens is 4. The Balaban J connectivity index is 2.19. The minimum atomic E-state index is -0.233. The number of rotatable bonds is 4. The summed E-state index contributed by atoms with van der Waals surface area (Å²) in [6.45, 7) is 1.84. The van der Waals surface area contributed by atoms with Crippen molar-refractivity contribution in [2.45, 2.75) is 17.3 Å². The van der Waals surface area contributed by atoms with Gasteiger partial charge in [0.25, 0.3) is 0 Å². The molecule has 0 unspecified atom stereocenters. The molecule has 2 rings (SSSR count). The predicted octanol–water partition coefficient (Wildman–Crippen LogP) is 1.23. The van der Waals surface area contributed by atoms with Gasteiger partial charge in [0.1, 0.15) is 0 Å². The fourth-order valence-electron chi connectivity index (χ4n) is 1.56. The lowest BCUT2D eigenvalue weighted by atomic mass is 10.3. The molecule has 1 heterocycles. The van der Waals surface area contributed by atoms with E-state index in [4.69, 9.17) is 0 Å². The van der Waals surface area contributed by atoms with E-state index in [0.29, 0.717) is 5.16 Å². The number of benzene rings is 1. The van der Waals surface area contributed by atoms with Crippen LogP contribution in [0.5, 0.6) is 0 Å². The van der Waals surface area contributed by atoms with Gasteiger partial charge in [-0.1, -0.05) is 30.0 Å². The van der Waals surface area contributed by atoms with Crippen LogP contribution < -0.4 is 0 Å². The molecular weight excluding hydrogens is 262 g/mol. The van der Waals surface area contributed by atoms with E-state index in [2.05, 4.69) is 15.5 Å². The number of carbonyl (C=O) groups is 1. The molecule has 7 heteroatoms. The van der Waals surface area contributed by atoms with Crippen LogP contribution in [0, 0.1) is 0 Å². The van der Waals surface area contributed by atoms with E-state index >= 15 is 0 Å². The minimum Gasteiger partial charge on any atom is -0.348 e. The van der Waals surface area contributed by atoms with E-state index in [-0.39, 0.29) is 11.2 Å². The molecule has 1 aromatic carbocycles. The SMILES string of the molecule is C[C@@H](Sc1nnnn1-c1ccccc1)C(=O)N(C)C. The van der Waals surface area contributed by atoms with E-state index < -0.39 is 0 Å². The first-order chi connectivity index (χ1) is 9.09. The Morgan fingerprint density at radius 2 is 2.00 bits per heavy atom. The van der Waals surface area contributed by atoms with Crippen molar-refractivity contribution in [1.82, 2.24) is 25.1 Å². The maximum Gasteiger partial charge on any atom is 0.235 e. The van der Waals surface area contributed by atoms with E-state index in [1.165, 1.54) is 11.8 Å². The molecule has 0 saturated heterocycles. The lowest BCUT2D eigenvalue weighted by Crippen LogP contribution is -2.29. The molecule has 0 fully saturated rings. The highest BCUT2D eigenvalue weighted by Gasteiger charge is 2.20. The molecule has 0 bridgehead atoms. The number of carbonyl (C=O) groups excluding carboxylic acids is 1. The molecular formula is C12H15N5OS. The third kappa shape index (κ3) is 3.11. The Morgan fingerprint density at radius 1 is 1.32 bits per heavy atom. The second-order valence-electron chi connectivity index (χ2n) is 4.20. The molecule has 100 valence electrons. The molecule has 0 saturated carbocycles. The molecule has 0 N–H and O–H groups in total. The molecule has 0 radical (unpaired) electrons. The summed E-state index contributed by atoms with van der Waals surface area (Å²) >= 11 is 1.34. The van der Waals surface area contributed by atoms with Crippen molar-refractivity contribution in [2.75, 3.05) is 14.1 Å². The van der Waals surface area contributed by atoms with Crippen LogP contribution in [0.4, 0.5) is 0 Å². The largest absolute Gasteiger partial charge is 0.348 e. The first-order valence-electron chi connectivity index (χ1n) is 5.81. The molecule has 0 spiro atoms.